The van der Waals surface area contributed by atoms with Gasteiger partial charge in [0.2, 0.25) is 0 Å². The van der Waals surface area contributed by atoms with Crippen LogP contribution in [0.15, 0.2) is 151 Å². The lowest BCUT2D eigenvalue weighted by molar-refractivity contribution is 0.241. The number of pyridine rings is 1. The van der Waals surface area contributed by atoms with E-state index in [-0.39, 0.29) is 10.8 Å². The molecule has 1 fully saturated rings. The molecule has 0 aliphatic heterocycles. The lowest BCUT2D eigenvalue weighted by Gasteiger charge is -2.65. The monoisotopic (exact) mass is 576 g/mol. The molecule has 6 aromatic rings. The molecule has 4 aliphatic carbocycles. The smallest absolute Gasteiger partial charge is 0.164 e. The van der Waals surface area contributed by atoms with Gasteiger partial charge in [-0.15, -0.1) is 0 Å². The molecule has 45 heavy (non-hydrogen) atoms. The molecule has 0 amide bonds. The number of rotatable bonds is 4. The number of benzene rings is 4. The summed E-state index contributed by atoms with van der Waals surface area (Å²) >= 11 is 0. The third kappa shape index (κ3) is 3.02. The molecule has 4 aromatic carbocycles. The van der Waals surface area contributed by atoms with E-state index in [4.69, 9.17) is 15.0 Å². The summed E-state index contributed by atoms with van der Waals surface area (Å²) in [5, 5.41) is 0. The zero-order valence-electron chi connectivity index (χ0n) is 24.5. The lowest BCUT2D eigenvalue weighted by atomic mass is 9.35. The molecule has 0 saturated heterocycles. The third-order valence-electron chi connectivity index (χ3n) is 10.7. The van der Waals surface area contributed by atoms with Gasteiger partial charge < -0.3 is 0 Å². The molecular weight excluding hydrogens is 548 g/mol. The van der Waals surface area contributed by atoms with Gasteiger partial charge in [-0.1, -0.05) is 115 Å². The molecule has 212 valence electrons. The molecule has 4 aliphatic rings. The molecule has 0 bridgehead atoms. The van der Waals surface area contributed by atoms with Crippen molar-refractivity contribution in [2.75, 3.05) is 0 Å². The number of aromatic nitrogens is 4. The Morgan fingerprint density at radius 1 is 0.578 bits per heavy atom. The van der Waals surface area contributed by atoms with Crippen molar-refractivity contribution < 1.29 is 0 Å². The summed E-state index contributed by atoms with van der Waals surface area (Å²) in [7, 11) is 0. The van der Waals surface area contributed by atoms with Crippen LogP contribution in [-0.4, -0.2) is 19.9 Å². The minimum Gasteiger partial charge on any atom is -0.265 e. The summed E-state index contributed by atoms with van der Waals surface area (Å²) in [5.74, 6) is 2.94. The van der Waals surface area contributed by atoms with Gasteiger partial charge >= 0.3 is 0 Å². The Kier molecular flexibility index (Phi) is 4.99. The Labute approximate surface area is 261 Å². The largest absolute Gasteiger partial charge is 0.265 e. The van der Waals surface area contributed by atoms with Gasteiger partial charge in [-0.25, -0.2) is 15.0 Å². The molecular formula is C41H28N4. The standard InChI is InChI=1S/C41H28N4/c1-3-11-26(12-4-1)37-43-38(27-13-5-2-6-14-27)45-39(44-37)28-19-20-34-35(25-28)41-33-18-10-8-16-31(33)36(41)30-15-7-9-17-32(30)40(34,41)29-21-23-42-24-22-29/h1-14,16-25,30,36H,15H2. The predicted molar refractivity (Wildman–Crippen MR) is 176 cm³/mol. The maximum absolute atomic E-state index is 5.08. The first kappa shape index (κ1) is 24.9. The summed E-state index contributed by atoms with van der Waals surface area (Å²) < 4.78 is 0. The second-order valence-corrected chi connectivity index (χ2v) is 12.5. The number of hydrogen-bond acceptors (Lipinski definition) is 4. The van der Waals surface area contributed by atoms with E-state index in [1.807, 2.05) is 48.8 Å². The van der Waals surface area contributed by atoms with E-state index in [2.05, 4.69) is 102 Å². The fourth-order valence-electron chi connectivity index (χ4n) is 9.24. The first-order chi connectivity index (χ1) is 22.3. The van der Waals surface area contributed by atoms with Gasteiger partial charge in [0.25, 0.3) is 0 Å². The van der Waals surface area contributed by atoms with Crippen LogP contribution in [0.5, 0.6) is 0 Å². The Morgan fingerprint density at radius 2 is 1.22 bits per heavy atom. The Balaban J connectivity index is 1.23. The van der Waals surface area contributed by atoms with Crippen molar-refractivity contribution >= 4 is 0 Å². The Morgan fingerprint density at radius 3 is 1.93 bits per heavy atom. The normalized spacial score (nSPS) is 24.6. The molecule has 2 heterocycles. The van der Waals surface area contributed by atoms with Crippen molar-refractivity contribution in [3.05, 3.63) is 179 Å². The maximum atomic E-state index is 5.08. The van der Waals surface area contributed by atoms with Gasteiger partial charge in [0.15, 0.2) is 17.5 Å². The molecule has 1 spiro atoms. The summed E-state index contributed by atoms with van der Waals surface area (Å²) in [6.07, 6.45) is 12.0. The van der Waals surface area contributed by atoms with E-state index in [1.54, 1.807) is 0 Å². The van der Waals surface area contributed by atoms with E-state index < -0.39 is 0 Å². The van der Waals surface area contributed by atoms with Crippen molar-refractivity contribution in [3.8, 4) is 34.2 Å². The molecule has 2 aromatic heterocycles. The number of nitrogens with zero attached hydrogens (tertiary/aromatic N) is 4. The van der Waals surface area contributed by atoms with Crippen LogP contribution in [0.4, 0.5) is 0 Å². The highest BCUT2D eigenvalue weighted by Gasteiger charge is 2.80. The van der Waals surface area contributed by atoms with E-state index in [9.17, 15) is 0 Å². The molecule has 4 nitrogen and oxygen atoms in total. The lowest BCUT2D eigenvalue weighted by Crippen LogP contribution is -2.63. The van der Waals surface area contributed by atoms with Crippen molar-refractivity contribution in [2.45, 2.75) is 23.2 Å². The van der Waals surface area contributed by atoms with Crippen LogP contribution in [0.2, 0.25) is 0 Å². The Hall–Kier alpha value is -5.48. The fraction of sp³-hybridized carbons (Fsp3) is 0.122. The highest BCUT2D eigenvalue weighted by Crippen LogP contribution is 2.83. The molecule has 1 saturated carbocycles. The molecule has 10 rings (SSSR count). The minimum absolute atomic E-state index is 0.142. The van der Waals surface area contributed by atoms with E-state index in [0.29, 0.717) is 29.3 Å². The van der Waals surface area contributed by atoms with Crippen LogP contribution >= 0.6 is 0 Å². The Bertz CT molecular complexity index is 2150. The molecule has 4 atom stereocenters. The van der Waals surface area contributed by atoms with E-state index >= 15 is 0 Å². The number of fused-ring (bicyclic) bond motifs is 7. The third-order valence-corrected chi connectivity index (χ3v) is 10.7. The summed E-state index contributed by atoms with van der Waals surface area (Å²) in [6, 6.07) is 41.0. The van der Waals surface area contributed by atoms with E-state index in [1.165, 1.54) is 33.4 Å². The van der Waals surface area contributed by atoms with Crippen molar-refractivity contribution in [1.29, 1.82) is 0 Å². The highest BCUT2D eigenvalue weighted by atomic mass is 15.0. The second-order valence-electron chi connectivity index (χ2n) is 12.5. The van der Waals surface area contributed by atoms with Gasteiger partial charge in [0, 0.05) is 40.4 Å². The molecule has 4 unspecified atom stereocenters. The van der Waals surface area contributed by atoms with Crippen LogP contribution in [0.25, 0.3) is 34.2 Å². The summed E-state index contributed by atoms with van der Waals surface area (Å²) in [6.45, 7) is 0. The van der Waals surface area contributed by atoms with Gasteiger partial charge in [0.05, 0.1) is 5.41 Å². The van der Waals surface area contributed by atoms with Gasteiger partial charge in [0.1, 0.15) is 0 Å². The molecule has 0 N–H and O–H groups in total. The summed E-state index contributed by atoms with van der Waals surface area (Å²) in [5.41, 5.74) is 11.2. The molecule has 4 heteroatoms. The minimum atomic E-state index is -0.220. The second kappa shape index (κ2) is 9.02. The topological polar surface area (TPSA) is 51.6 Å². The van der Waals surface area contributed by atoms with E-state index in [0.717, 1.165) is 23.1 Å². The first-order valence-corrected chi connectivity index (χ1v) is 15.7. The average Bonchev–Trinajstić information content (AvgIpc) is 3.30. The van der Waals surface area contributed by atoms with Crippen LogP contribution in [0.3, 0.4) is 0 Å². The highest BCUT2D eigenvalue weighted by molar-refractivity contribution is 5.85. The van der Waals surface area contributed by atoms with Crippen LogP contribution in [0.1, 0.15) is 40.2 Å². The zero-order chi connectivity index (χ0) is 29.6. The fourth-order valence-corrected chi connectivity index (χ4v) is 9.24. The van der Waals surface area contributed by atoms with Crippen LogP contribution in [-0.2, 0) is 10.8 Å². The van der Waals surface area contributed by atoms with Crippen LogP contribution < -0.4 is 0 Å². The quantitative estimate of drug-likeness (QED) is 0.211. The van der Waals surface area contributed by atoms with Crippen molar-refractivity contribution in [1.82, 2.24) is 19.9 Å². The van der Waals surface area contributed by atoms with Crippen LogP contribution in [0, 0.1) is 5.92 Å². The number of hydrogen-bond donors (Lipinski definition) is 0. The summed E-state index contributed by atoms with van der Waals surface area (Å²) in [4.78, 5) is 19.5. The van der Waals surface area contributed by atoms with Gasteiger partial charge in [-0.3, -0.25) is 4.98 Å². The van der Waals surface area contributed by atoms with Crippen molar-refractivity contribution in [2.24, 2.45) is 5.92 Å². The van der Waals surface area contributed by atoms with Gasteiger partial charge in [-0.2, -0.15) is 0 Å². The average molecular weight is 577 g/mol. The maximum Gasteiger partial charge on any atom is 0.164 e. The predicted octanol–water partition coefficient (Wildman–Crippen LogP) is 8.47. The van der Waals surface area contributed by atoms with Gasteiger partial charge in [-0.05, 0) is 63.9 Å². The zero-order valence-corrected chi connectivity index (χ0v) is 24.5. The SMILES string of the molecule is C1=CCC2C(=C1)C1(c3ccncc3)c3ccc(-c4nc(-c5ccccc5)nc(-c5ccccc5)n4)cc3C13c1ccccc1C23. The first-order valence-electron chi connectivity index (χ1n) is 15.7. The van der Waals surface area contributed by atoms with Crippen molar-refractivity contribution in [3.63, 3.8) is 0 Å². The molecule has 0 radical (unpaired) electrons. The number of allylic oxidation sites excluding steroid dienone is 4.